The van der Waals surface area contributed by atoms with Crippen LogP contribution in [-0.2, 0) is 14.8 Å². The first-order valence-electron chi connectivity index (χ1n) is 5.35. The van der Waals surface area contributed by atoms with Crippen molar-refractivity contribution in [2.24, 2.45) is 0 Å². The zero-order valence-electron chi connectivity index (χ0n) is 10.4. The Labute approximate surface area is 111 Å². The minimum Gasteiger partial charge on any atom is -0.361 e. The van der Waals surface area contributed by atoms with Crippen LogP contribution in [0, 0.1) is 6.92 Å². The van der Waals surface area contributed by atoms with Crippen molar-refractivity contribution in [1.82, 2.24) is 4.31 Å². The molecule has 1 amide bonds. The molecule has 0 radical (unpaired) electrons. The molecule has 0 N–H and O–H groups in total. The Morgan fingerprint density at radius 2 is 2.00 bits per heavy atom. The largest absolute Gasteiger partial charge is 0.361 e. The zero-order chi connectivity index (χ0) is 14.5. The maximum Gasteiger partial charge on any atom is 0.345 e. The van der Waals surface area contributed by atoms with Gasteiger partial charge in [-0.05, 0) is 19.1 Å². The van der Waals surface area contributed by atoms with E-state index in [2.05, 4.69) is 11.4 Å². The lowest BCUT2D eigenvalue weighted by atomic mass is 10.2. The number of nitrogens with zero attached hydrogens (tertiary/aromatic N) is 3. The van der Waals surface area contributed by atoms with E-state index >= 15 is 0 Å². The number of hydrogen-bond acceptors (Lipinski definition) is 3. The van der Waals surface area contributed by atoms with Crippen LogP contribution in [0.5, 0.6) is 0 Å². The number of amides is 1. The maximum absolute atomic E-state index is 12.3. The van der Waals surface area contributed by atoms with Gasteiger partial charge in [0.25, 0.3) is 10.0 Å². The summed E-state index contributed by atoms with van der Waals surface area (Å²) in [6.07, 6.45) is 1.80. The maximum atomic E-state index is 12.3. The van der Waals surface area contributed by atoms with E-state index in [4.69, 9.17) is 5.53 Å². The normalized spacial score (nSPS) is 10.4. The molecule has 0 fully saturated rings. The van der Waals surface area contributed by atoms with Crippen LogP contribution in [0.15, 0.2) is 41.8 Å². The molecule has 7 heteroatoms. The van der Waals surface area contributed by atoms with Crippen LogP contribution in [0.4, 0.5) is 0 Å². The van der Waals surface area contributed by atoms with Crippen LogP contribution >= 0.6 is 0 Å². The van der Waals surface area contributed by atoms with Gasteiger partial charge in [-0.25, -0.2) is 12.7 Å². The highest BCUT2D eigenvalue weighted by molar-refractivity contribution is 7.89. The van der Waals surface area contributed by atoms with Crippen LogP contribution in [0.2, 0.25) is 0 Å². The van der Waals surface area contributed by atoms with E-state index in [1.54, 1.807) is 12.1 Å². The van der Waals surface area contributed by atoms with E-state index in [1.807, 2.05) is 6.92 Å². The number of sulfonamides is 1. The van der Waals surface area contributed by atoms with Gasteiger partial charge in [-0.15, -0.1) is 6.58 Å². The van der Waals surface area contributed by atoms with Crippen molar-refractivity contribution in [1.29, 1.82) is 0 Å². The summed E-state index contributed by atoms with van der Waals surface area (Å²) in [7, 11) is -3.99. The fraction of sp³-hybridized carbons (Fsp3) is 0.167. The quantitative estimate of drug-likeness (QED) is 0.348. The van der Waals surface area contributed by atoms with Gasteiger partial charge in [-0.2, -0.15) is 4.79 Å². The predicted octanol–water partition coefficient (Wildman–Crippen LogP) is 0.999. The molecule has 6 nitrogen and oxygen atoms in total. The van der Waals surface area contributed by atoms with E-state index in [0.717, 1.165) is 5.56 Å². The van der Waals surface area contributed by atoms with Gasteiger partial charge in [0.15, 0.2) is 0 Å². The lowest BCUT2D eigenvalue weighted by molar-refractivity contribution is -0.122. The molecule has 19 heavy (non-hydrogen) atoms. The van der Waals surface area contributed by atoms with Crippen LogP contribution in [0.1, 0.15) is 5.56 Å². The van der Waals surface area contributed by atoms with Crippen molar-refractivity contribution in [3.05, 3.63) is 48.0 Å². The van der Waals surface area contributed by atoms with Crippen LogP contribution in [-0.4, -0.2) is 36.2 Å². The fourth-order valence-electron chi connectivity index (χ4n) is 1.38. The molecule has 0 spiro atoms. The fourth-order valence-corrected chi connectivity index (χ4v) is 2.70. The average molecular weight is 279 g/mol. The van der Waals surface area contributed by atoms with Gasteiger partial charge in [0.2, 0.25) is 0 Å². The van der Waals surface area contributed by atoms with E-state index in [1.165, 1.54) is 18.2 Å². The minimum absolute atomic E-state index is 0.0142. The number of rotatable bonds is 5. The third kappa shape index (κ3) is 3.37. The summed E-state index contributed by atoms with van der Waals surface area (Å²) in [6.45, 7) is 5.01. The van der Waals surface area contributed by atoms with Crippen LogP contribution in [0.3, 0.4) is 0 Å². The van der Waals surface area contributed by atoms with Crippen LogP contribution in [0.25, 0.3) is 5.53 Å². The van der Waals surface area contributed by atoms with Crippen molar-refractivity contribution in [3.63, 3.8) is 0 Å². The standard InChI is InChI=1S/C12H13N3O3S/c1-3-8-15(12(16)9-14-13)19(17,18)11-6-4-10(2)5-7-11/h3-7,9H,1,8H2,2H3. The minimum atomic E-state index is -3.99. The molecule has 1 rings (SSSR count). The molecular formula is C12H13N3O3S. The Morgan fingerprint density at radius 1 is 1.42 bits per heavy atom. The Bertz CT molecular complexity index is 629. The lowest BCUT2D eigenvalue weighted by Crippen LogP contribution is -2.37. The number of hydrogen-bond donors (Lipinski definition) is 0. The van der Waals surface area contributed by atoms with Crippen molar-refractivity contribution in [2.75, 3.05) is 6.54 Å². The van der Waals surface area contributed by atoms with Gasteiger partial charge in [-0.3, -0.25) is 4.79 Å². The van der Waals surface area contributed by atoms with Gasteiger partial charge >= 0.3 is 12.1 Å². The molecule has 0 saturated heterocycles. The van der Waals surface area contributed by atoms with Crippen molar-refractivity contribution in [3.8, 4) is 0 Å². The molecule has 0 unspecified atom stereocenters. The zero-order valence-corrected chi connectivity index (χ0v) is 11.2. The summed E-state index contributed by atoms with van der Waals surface area (Å²) in [5.41, 5.74) is 9.23. The molecule has 0 aliphatic heterocycles. The molecule has 0 heterocycles. The van der Waals surface area contributed by atoms with Gasteiger partial charge in [0.1, 0.15) is 0 Å². The number of carbonyl (C=O) groups is 1. The molecule has 0 aliphatic carbocycles. The Balaban J connectivity index is 3.27. The highest BCUT2D eigenvalue weighted by Gasteiger charge is 2.29. The molecule has 0 saturated carbocycles. The summed E-state index contributed by atoms with van der Waals surface area (Å²) in [6, 6.07) is 6.07. The highest BCUT2D eigenvalue weighted by Crippen LogP contribution is 2.16. The SMILES string of the molecule is C=CCN(C(=O)C=[N+]=[N-])S(=O)(=O)c1ccc(C)cc1. The average Bonchev–Trinajstić information content (AvgIpc) is 2.36. The lowest BCUT2D eigenvalue weighted by Gasteiger charge is -2.17. The summed E-state index contributed by atoms with van der Waals surface area (Å²) < 4.78 is 25.1. The Kier molecular flexibility index (Phi) is 4.74. The summed E-state index contributed by atoms with van der Waals surface area (Å²) in [5.74, 6) is -0.942. The number of benzene rings is 1. The molecule has 0 aromatic heterocycles. The Hall–Kier alpha value is -2.24. The Morgan fingerprint density at radius 3 is 2.47 bits per heavy atom. The van der Waals surface area contributed by atoms with Crippen molar-refractivity contribution < 1.29 is 18.0 Å². The second-order valence-electron chi connectivity index (χ2n) is 3.72. The summed E-state index contributed by atoms with van der Waals surface area (Å²) >= 11 is 0. The molecule has 0 aliphatic rings. The molecule has 1 aromatic carbocycles. The summed E-state index contributed by atoms with van der Waals surface area (Å²) in [5, 5.41) is 0. The molecule has 0 atom stereocenters. The molecule has 0 bridgehead atoms. The third-order valence-electron chi connectivity index (χ3n) is 2.32. The number of aryl methyl sites for hydroxylation is 1. The predicted molar refractivity (Wildman–Crippen MR) is 70.0 cm³/mol. The van der Waals surface area contributed by atoms with E-state index < -0.39 is 15.9 Å². The van der Waals surface area contributed by atoms with E-state index in [-0.39, 0.29) is 11.4 Å². The summed E-state index contributed by atoms with van der Waals surface area (Å²) in [4.78, 5) is 14.1. The smallest absolute Gasteiger partial charge is 0.345 e. The first-order valence-corrected chi connectivity index (χ1v) is 6.79. The van der Waals surface area contributed by atoms with E-state index in [0.29, 0.717) is 10.5 Å². The second-order valence-corrected chi connectivity index (χ2v) is 5.58. The van der Waals surface area contributed by atoms with Crippen molar-refractivity contribution >= 4 is 22.1 Å². The number of carbonyl (C=O) groups excluding carboxylic acids is 1. The van der Waals surface area contributed by atoms with Gasteiger partial charge in [0.05, 0.1) is 11.4 Å². The van der Waals surface area contributed by atoms with Crippen molar-refractivity contribution in [2.45, 2.75) is 11.8 Å². The third-order valence-corrected chi connectivity index (χ3v) is 4.10. The van der Waals surface area contributed by atoms with E-state index in [9.17, 15) is 13.2 Å². The molecular weight excluding hydrogens is 266 g/mol. The highest BCUT2D eigenvalue weighted by atomic mass is 32.2. The molecule has 1 aromatic rings. The molecule has 100 valence electrons. The van der Waals surface area contributed by atoms with Gasteiger partial charge in [0, 0.05) is 0 Å². The monoisotopic (exact) mass is 279 g/mol. The van der Waals surface area contributed by atoms with Gasteiger partial charge < -0.3 is 5.53 Å². The second kappa shape index (κ2) is 6.08. The van der Waals surface area contributed by atoms with Gasteiger partial charge in [-0.1, -0.05) is 23.8 Å². The first-order chi connectivity index (χ1) is 8.93. The first kappa shape index (κ1) is 14.8. The van der Waals surface area contributed by atoms with Crippen LogP contribution < -0.4 is 0 Å². The topological polar surface area (TPSA) is 90.8 Å².